The van der Waals surface area contributed by atoms with E-state index in [1.165, 1.54) is 17.3 Å². The summed E-state index contributed by atoms with van der Waals surface area (Å²) in [6.07, 6.45) is 6.31. The van der Waals surface area contributed by atoms with E-state index in [-0.39, 0.29) is 29.2 Å². The van der Waals surface area contributed by atoms with Gasteiger partial charge in [-0.2, -0.15) is 0 Å². The second-order valence-corrected chi connectivity index (χ2v) is 12.1. The third-order valence-electron chi connectivity index (χ3n) is 7.97. The minimum absolute atomic E-state index is 0.000325. The van der Waals surface area contributed by atoms with Crippen LogP contribution in [0.2, 0.25) is 0 Å². The van der Waals surface area contributed by atoms with E-state index < -0.39 is 5.25 Å². The number of hydrogen-bond acceptors (Lipinski definition) is 6. The molecule has 9 heteroatoms. The molecule has 2 amide bonds. The zero-order chi connectivity index (χ0) is 29.3. The summed E-state index contributed by atoms with van der Waals surface area (Å²) in [6.45, 7) is 3.42. The average Bonchev–Trinajstić information content (AvgIpc) is 3.55. The van der Waals surface area contributed by atoms with Crippen LogP contribution in [0.1, 0.15) is 50.4 Å². The third-order valence-corrected chi connectivity index (χ3v) is 9.32. The Morgan fingerprint density at radius 3 is 2.50 bits per heavy atom. The molecule has 5 rings (SSSR count). The van der Waals surface area contributed by atoms with Crippen molar-refractivity contribution in [1.29, 1.82) is 0 Å². The van der Waals surface area contributed by atoms with Gasteiger partial charge in [-0.05, 0) is 74.3 Å². The van der Waals surface area contributed by atoms with Gasteiger partial charge in [0.05, 0.1) is 29.0 Å². The summed E-state index contributed by atoms with van der Waals surface area (Å²) in [5, 5.41) is 6.77. The molecule has 42 heavy (non-hydrogen) atoms. The molecule has 0 radical (unpaired) electrons. The first-order valence-electron chi connectivity index (χ1n) is 14.8. The number of carbonyl (C=O) groups is 2. The monoisotopic (exact) mass is 586 g/mol. The zero-order valence-electron chi connectivity index (χ0n) is 24.0. The molecule has 1 atom stereocenters. The maximum Gasteiger partial charge on any atom is 0.262 e. The molecule has 8 nitrogen and oxygen atoms in total. The van der Waals surface area contributed by atoms with Crippen LogP contribution in [0.15, 0.2) is 87.4 Å². The van der Waals surface area contributed by atoms with Gasteiger partial charge in [-0.15, -0.1) is 0 Å². The summed E-state index contributed by atoms with van der Waals surface area (Å²) < 4.78 is 7.09. The minimum Gasteiger partial charge on any atom is -0.467 e. The quantitative estimate of drug-likeness (QED) is 0.171. The highest BCUT2D eigenvalue weighted by molar-refractivity contribution is 8.00. The van der Waals surface area contributed by atoms with Crippen molar-refractivity contribution in [3.05, 3.63) is 94.7 Å². The standard InChI is InChI=1S/C33H38N4O4S/c1-2-29(31(39)35-21-26-11-8-20-41-26)42-33-36-28-13-7-6-12-27(28)32(40)37(33)22-24-14-16-25(17-15-24)30(38)34-19-18-23-9-4-3-5-10-23/h3-13,20,24-25,29H,2,14-19,21-22H2,1H3,(H,34,38)(H,35,39). The molecular formula is C33H38N4O4S. The number of nitrogens with one attached hydrogen (secondary N) is 2. The van der Waals surface area contributed by atoms with Crippen molar-refractivity contribution in [2.45, 2.75) is 68.9 Å². The highest BCUT2D eigenvalue weighted by Crippen LogP contribution is 2.32. The molecule has 0 aliphatic heterocycles. The number of amides is 2. The summed E-state index contributed by atoms with van der Waals surface area (Å²) in [6, 6.07) is 21.1. The van der Waals surface area contributed by atoms with E-state index >= 15 is 0 Å². The second-order valence-electron chi connectivity index (χ2n) is 10.9. The summed E-state index contributed by atoms with van der Waals surface area (Å²) in [5.41, 5.74) is 1.75. The number of furan rings is 1. The third kappa shape index (κ3) is 7.50. The number of benzene rings is 2. The second kappa shape index (κ2) is 14.4. The predicted molar refractivity (Wildman–Crippen MR) is 165 cm³/mol. The molecule has 0 spiro atoms. The molecule has 0 bridgehead atoms. The maximum atomic E-state index is 13.7. The number of carbonyl (C=O) groups excluding carboxylic acids is 2. The van der Waals surface area contributed by atoms with E-state index in [0.29, 0.717) is 47.9 Å². The zero-order valence-corrected chi connectivity index (χ0v) is 24.8. The molecule has 2 heterocycles. The first-order valence-corrected chi connectivity index (χ1v) is 15.7. The smallest absolute Gasteiger partial charge is 0.262 e. The first kappa shape index (κ1) is 29.6. The SMILES string of the molecule is CCC(Sc1nc2ccccc2c(=O)n1CC1CCC(C(=O)NCCc2ccccc2)CC1)C(=O)NCc1ccco1. The van der Waals surface area contributed by atoms with Crippen molar-refractivity contribution < 1.29 is 14.0 Å². The van der Waals surface area contributed by atoms with E-state index in [9.17, 15) is 14.4 Å². The molecular weight excluding hydrogens is 548 g/mol. The molecule has 1 aliphatic rings. The maximum absolute atomic E-state index is 13.7. The molecule has 220 valence electrons. The van der Waals surface area contributed by atoms with Gasteiger partial charge in [0.1, 0.15) is 5.76 Å². The number of nitrogens with zero attached hydrogens (tertiary/aromatic N) is 2. The van der Waals surface area contributed by atoms with Crippen LogP contribution in [0, 0.1) is 11.8 Å². The fraction of sp³-hybridized carbons (Fsp3) is 0.394. The van der Waals surface area contributed by atoms with Gasteiger partial charge < -0.3 is 15.1 Å². The summed E-state index contributed by atoms with van der Waals surface area (Å²) in [4.78, 5) is 44.4. The molecule has 1 unspecified atom stereocenters. The number of hydrogen-bond donors (Lipinski definition) is 2. The summed E-state index contributed by atoms with van der Waals surface area (Å²) >= 11 is 1.34. The lowest BCUT2D eigenvalue weighted by molar-refractivity contribution is -0.126. The van der Waals surface area contributed by atoms with Crippen molar-refractivity contribution in [2.75, 3.05) is 6.54 Å². The lowest BCUT2D eigenvalue weighted by Gasteiger charge is -2.29. The number of thioether (sulfide) groups is 1. The Morgan fingerprint density at radius 1 is 1.00 bits per heavy atom. The van der Waals surface area contributed by atoms with Crippen LogP contribution in [0.5, 0.6) is 0 Å². The largest absolute Gasteiger partial charge is 0.467 e. The Hall–Kier alpha value is -3.85. The fourth-order valence-corrected chi connectivity index (χ4v) is 6.58. The van der Waals surface area contributed by atoms with Crippen molar-refractivity contribution in [3.8, 4) is 0 Å². The average molecular weight is 587 g/mol. The van der Waals surface area contributed by atoms with Crippen LogP contribution in [0.3, 0.4) is 0 Å². The molecule has 1 saturated carbocycles. The van der Waals surface area contributed by atoms with Crippen LogP contribution in [-0.4, -0.2) is 33.2 Å². The van der Waals surface area contributed by atoms with E-state index in [1.54, 1.807) is 23.0 Å². The first-order chi connectivity index (χ1) is 20.5. The minimum atomic E-state index is -0.408. The van der Waals surface area contributed by atoms with Crippen LogP contribution in [-0.2, 0) is 29.1 Å². The molecule has 0 saturated heterocycles. The van der Waals surface area contributed by atoms with E-state index in [0.717, 1.165) is 32.1 Å². The number of rotatable bonds is 12. The van der Waals surface area contributed by atoms with Gasteiger partial charge in [0.25, 0.3) is 5.56 Å². The fourth-order valence-electron chi connectivity index (χ4n) is 5.53. The molecule has 1 aliphatic carbocycles. The van der Waals surface area contributed by atoms with Gasteiger partial charge in [0.15, 0.2) is 5.16 Å². The van der Waals surface area contributed by atoms with Gasteiger partial charge >= 0.3 is 0 Å². The summed E-state index contributed by atoms with van der Waals surface area (Å²) in [7, 11) is 0. The molecule has 4 aromatic rings. The molecule has 2 aromatic carbocycles. The molecule has 2 aromatic heterocycles. The number of fused-ring (bicyclic) bond motifs is 1. The molecule has 1 fully saturated rings. The summed E-state index contributed by atoms with van der Waals surface area (Å²) in [5.74, 6) is 0.943. The van der Waals surface area contributed by atoms with Gasteiger partial charge in [-0.3, -0.25) is 19.0 Å². The Balaban J connectivity index is 1.23. The van der Waals surface area contributed by atoms with E-state index in [2.05, 4.69) is 22.8 Å². The highest BCUT2D eigenvalue weighted by atomic mass is 32.2. The van der Waals surface area contributed by atoms with Crippen molar-refractivity contribution in [3.63, 3.8) is 0 Å². The van der Waals surface area contributed by atoms with Crippen LogP contribution >= 0.6 is 11.8 Å². The van der Waals surface area contributed by atoms with Gasteiger partial charge in [0, 0.05) is 19.0 Å². The van der Waals surface area contributed by atoms with Crippen molar-refractivity contribution in [1.82, 2.24) is 20.2 Å². The van der Waals surface area contributed by atoms with Gasteiger partial charge in [0.2, 0.25) is 11.8 Å². The van der Waals surface area contributed by atoms with Crippen molar-refractivity contribution >= 4 is 34.5 Å². The normalized spacial score (nSPS) is 17.5. The van der Waals surface area contributed by atoms with E-state index in [1.807, 2.05) is 49.4 Å². The van der Waals surface area contributed by atoms with Gasteiger partial charge in [-0.1, -0.05) is 61.2 Å². The topological polar surface area (TPSA) is 106 Å². The number of para-hydroxylation sites is 1. The Kier molecular flexibility index (Phi) is 10.1. The molecule has 2 N–H and O–H groups in total. The Morgan fingerprint density at radius 2 is 1.76 bits per heavy atom. The predicted octanol–water partition coefficient (Wildman–Crippen LogP) is 5.34. The van der Waals surface area contributed by atoms with Crippen LogP contribution in [0.25, 0.3) is 10.9 Å². The van der Waals surface area contributed by atoms with Gasteiger partial charge in [-0.25, -0.2) is 4.98 Å². The Bertz CT molecular complexity index is 1530. The lowest BCUT2D eigenvalue weighted by Crippen LogP contribution is -2.36. The Labute approximate surface area is 250 Å². The van der Waals surface area contributed by atoms with Crippen LogP contribution in [0.4, 0.5) is 0 Å². The highest BCUT2D eigenvalue weighted by Gasteiger charge is 2.28. The van der Waals surface area contributed by atoms with Crippen molar-refractivity contribution in [2.24, 2.45) is 11.8 Å². The van der Waals surface area contributed by atoms with E-state index in [4.69, 9.17) is 9.40 Å². The number of aromatic nitrogens is 2. The van der Waals surface area contributed by atoms with Crippen LogP contribution < -0.4 is 16.2 Å². The lowest BCUT2D eigenvalue weighted by atomic mass is 9.81.